The fraction of sp³-hybridized carbons (Fsp3) is 0.438. The van der Waals surface area contributed by atoms with Crippen LogP contribution in [0.4, 0.5) is 0 Å². The number of rotatable bonds is 3. The van der Waals surface area contributed by atoms with Crippen LogP contribution in [0.25, 0.3) is 0 Å². The maximum absolute atomic E-state index is 12.1. The summed E-state index contributed by atoms with van der Waals surface area (Å²) in [6.45, 7) is 1.45. The molecule has 2 amide bonds. The van der Waals surface area contributed by atoms with Crippen molar-refractivity contribution in [3.8, 4) is 0 Å². The number of likely N-dealkylation sites (tertiary alicyclic amines) is 1. The minimum absolute atomic E-state index is 0.0471. The van der Waals surface area contributed by atoms with Crippen molar-refractivity contribution in [1.29, 1.82) is 0 Å². The molecule has 1 unspecified atom stereocenters. The number of carbonyl (C=O) groups excluding carboxylic acids is 3. The fourth-order valence-corrected chi connectivity index (χ4v) is 2.83. The number of amides is 2. The van der Waals surface area contributed by atoms with Gasteiger partial charge in [0.05, 0.1) is 12.1 Å². The lowest BCUT2D eigenvalue weighted by atomic mass is 9.98. The molecule has 22 heavy (non-hydrogen) atoms. The van der Waals surface area contributed by atoms with E-state index in [1.165, 1.54) is 0 Å². The van der Waals surface area contributed by atoms with E-state index in [-0.39, 0.29) is 12.5 Å². The zero-order valence-electron chi connectivity index (χ0n) is 12.2. The van der Waals surface area contributed by atoms with E-state index in [0.29, 0.717) is 12.0 Å². The Labute approximate surface area is 128 Å². The lowest BCUT2D eigenvalue weighted by Gasteiger charge is -2.24. The second-order valence-electron chi connectivity index (χ2n) is 5.56. The highest BCUT2D eigenvalue weighted by Gasteiger charge is 2.31. The Hall–Kier alpha value is -2.37. The van der Waals surface area contributed by atoms with Gasteiger partial charge in [0, 0.05) is 19.5 Å². The summed E-state index contributed by atoms with van der Waals surface area (Å²) in [5.74, 6) is -1.00. The van der Waals surface area contributed by atoms with Gasteiger partial charge in [-0.05, 0) is 24.5 Å². The van der Waals surface area contributed by atoms with Crippen LogP contribution in [0.3, 0.4) is 0 Å². The number of nitrogens with one attached hydrogen (secondary N) is 1. The molecule has 2 aliphatic rings. The molecule has 1 N–H and O–H groups in total. The maximum Gasteiger partial charge on any atom is 0.339 e. The minimum atomic E-state index is -0.867. The van der Waals surface area contributed by atoms with Crippen molar-refractivity contribution in [2.75, 3.05) is 19.6 Å². The average molecular weight is 302 g/mol. The number of benzene rings is 1. The van der Waals surface area contributed by atoms with Gasteiger partial charge < -0.3 is 15.0 Å². The average Bonchev–Trinajstić information content (AvgIpc) is 3.06. The van der Waals surface area contributed by atoms with Crippen LogP contribution in [0.5, 0.6) is 0 Å². The molecule has 0 bridgehead atoms. The zero-order valence-corrected chi connectivity index (χ0v) is 12.2. The van der Waals surface area contributed by atoms with E-state index < -0.39 is 18.0 Å². The summed E-state index contributed by atoms with van der Waals surface area (Å²) in [6, 6.07) is 7.08. The molecular weight excluding hydrogens is 284 g/mol. The van der Waals surface area contributed by atoms with Crippen LogP contribution in [0.15, 0.2) is 24.3 Å². The molecule has 0 spiro atoms. The van der Waals surface area contributed by atoms with Crippen molar-refractivity contribution in [3.05, 3.63) is 35.4 Å². The van der Waals surface area contributed by atoms with Gasteiger partial charge in [0.25, 0.3) is 5.91 Å². The van der Waals surface area contributed by atoms with Crippen LogP contribution in [-0.4, -0.2) is 48.4 Å². The number of carbonyl (C=O) groups is 3. The molecule has 1 saturated heterocycles. The van der Waals surface area contributed by atoms with Gasteiger partial charge in [-0.25, -0.2) is 4.79 Å². The van der Waals surface area contributed by atoms with Crippen LogP contribution in [0, 0.1) is 0 Å². The normalized spacial score (nSPS) is 20.3. The number of hydrogen-bond acceptors (Lipinski definition) is 4. The smallest absolute Gasteiger partial charge is 0.339 e. The molecule has 3 rings (SSSR count). The molecule has 1 atom stereocenters. The number of ether oxygens (including phenoxy) is 1. The summed E-state index contributed by atoms with van der Waals surface area (Å²) < 4.78 is 5.16. The third-order valence-corrected chi connectivity index (χ3v) is 4.06. The van der Waals surface area contributed by atoms with Crippen LogP contribution in [0.1, 0.15) is 28.8 Å². The monoisotopic (exact) mass is 302 g/mol. The van der Waals surface area contributed by atoms with Crippen LogP contribution < -0.4 is 5.32 Å². The molecule has 1 aromatic rings. The Balaban J connectivity index is 1.57. The van der Waals surface area contributed by atoms with Gasteiger partial charge in [0.1, 0.15) is 0 Å². The van der Waals surface area contributed by atoms with Gasteiger partial charge in [-0.2, -0.15) is 0 Å². The standard InChI is InChI=1S/C16H18N2O4/c19-14(18-7-3-4-8-18)10-17-15(20)13-9-11-5-1-2-6-12(11)16(21)22-13/h1-2,5-6,13H,3-4,7-10H2,(H,17,20). The van der Waals surface area contributed by atoms with Gasteiger partial charge in [0.15, 0.2) is 6.10 Å². The Kier molecular flexibility index (Phi) is 4.09. The number of cyclic esters (lactones) is 1. The Morgan fingerprint density at radius 2 is 1.95 bits per heavy atom. The summed E-state index contributed by atoms with van der Waals surface area (Å²) in [7, 11) is 0. The maximum atomic E-state index is 12.1. The quantitative estimate of drug-likeness (QED) is 0.825. The molecule has 0 aliphatic carbocycles. The minimum Gasteiger partial charge on any atom is -0.448 e. The SMILES string of the molecule is O=C1OC(C(=O)NCC(=O)N2CCCC2)Cc2ccccc21. The van der Waals surface area contributed by atoms with Crippen LogP contribution in [0.2, 0.25) is 0 Å². The van der Waals surface area contributed by atoms with Gasteiger partial charge in [-0.15, -0.1) is 0 Å². The number of hydrogen-bond donors (Lipinski definition) is 1. The second-order valence-corrected chi connectivity index (χ2v) is 5.56. The lowest BCUT2D eigenvalue weighted by molar-refractivity contribution is -0.135. The number of fused-ring (bicyclic) bond motifs is 1. The highest BCUT2D eigenvalue weighted by atomic mass is 16.5. The van der Waals surface area contributed by atoms with Crippen LogP contribution >= 0.6 is 0 Å². The van der Waals surface area contributed by atoms with Gasteiger partial charge in [-0.3, -0.25) is 9.59 Å². The molecule has 2 aliphatic heterocycles. The lowest BCUT2D eigenvalue weighted by Crippen LogP contribution is -2.45. The first-order valence-electron chi connectivity index (χ1n) is 7.49. The van der Waals surface area contributed by atoms with Crippen molar-refractivity contribution < 1.29 is 19.1 Å². The number of esters is 1. The topological polar surface area (TPSA) is 75.7 Å². The molecule has 6 nitrogen and oxygen atoms in total. The van der Waals surface area contributed by atoms with E-state index >= 15 is 0 Å². The van der Waals surface area contributed by atoms with Crippen LogP contribution in [-0.2, 0) is 20.7 Å². The third kappa shape index (κ3) is 2.95. The Bertz CT molecular complexity index is 608. The van der Waals surface area contributed by atoms with E-state index in [0.717, 1.165) is 31.5 Å². The second kappa shape index (κ2) is 6.17. The van der Waals surface area contributed by atoms with Crippen molar-refractivity contribution in [1.82, 2.24) is 10.2 Å². The molecule has 1 aromatic carbocycles. The predicted molar refractivity (Wildman–Crippen MR) is 78.2 cm³/mol. The molecule has 6 heteroatoms. The molecular formula is C16H18N2O4. The van der Waals surface area contributed by atoms with E-state index in [1.54, 1.807) is 17.0 Å². The highest BCUT2D eigenvalue weighted by molar-refractivity contribution is 5.96. The number of nitrogens with zero attached hydrogens (tertiary/aromatic N) is 1. The zero-order chi connectivity index (χ0) is 15.5. The molecule has 0 saturated carbocycles. The summed E-state index contributed by atoms with van der Waals surface area (Å²) in [5, 5.41) is 2.57. The van der Waals surface area contributed by atoms with Gasteiger partial charge in [-0.1, -0.05) is 18.2 Å². The molecule has 0 radical (unpaired) electrons. The van der Waals surface area contributed by atoms with E-state index in [4.69, 9.17) is 4.74 Å². The third-order valence-electron chi connectivity index (χ3n) is 4.06. The van der Waals surface area contributed by atoms with Crippen molar-refractivity contribution in [2.24, 2.45) is 0 Å². The highest BCUT2D eigenvalue weighted by Crippen LogP contribution is 2.20. The summed E-state index contributed by atoms with van der Waals surface area (Å²) in [5.41, 5.74) is 1.30. The molecule has 1 fully saturated rings. The summed E-state index contributed by atoms with van der Waals surface area (Å²) >= 11 is 0. The van der Waals surface area contributed by atoms with E-state index in [1.807, 2.05) is 12.1 Å². The van der Waals surface area contributed by atoms with Gasteiger partial charge in [0.2, 0.25) is 5.91 Å². The van der Waals surface area contributed by atoms with Crippen molar-refractivity contribution >= 4 is 17.8 Å². The first-order valence-corrected chi connectivity index (χ1v) is 7.49. The summed E-state index contributed by atoms with van der Waals surface area (Å²) in [6.07, 6.45) is 1.49. The molecule has 0 aromatic heterocycles. The summed E-state index contributed by atoms with van der Waals surface area (Å²) in [4.78, 5) is 37.6. The predicted octanol–water partition coefficient (Wildman–Crippen LogP) is 0.507. The molecule has 2 heterocycles. The first kappa shape index (κ1) is 14.6. The fourth-order valence-electron chi connectivity index (χ4n) is 2.83. The Morgan fingerprint density at radius 3 is 2.73 bits per heavy atom. The Morgan fingerprint density at radius 1 is 1.23 bits per heavy atom. The van der Waals surface area contributed by atoms with E-state index in [2.05, 4.69) is 5.32 Å². The largest absolute Gasteiger partial charge is 0.448 e. The first-order chi connectivity index (χ1) is 10.6. The van der Waals surface area contributed by atoms with E-state index in [9.17, 15) is 14.4 Å². The van der Waals surface area contributed by atoms with Crippen molar-refractivity contribution in [2.45, 2.75) is 25.4 Å². The van der Waals surface area contributed by atoms with Gasteiger partial charge >= 0.3 is 5.97 Å². The van der Waals surface area contributed by atoms with Crippen molar-refractivity contribution in [3.63, 3.8) is 0 Å². The molecule has 116 valence electrons.